The summed E-state index contributed by atoms with van der Waals surface area (Å²) in [6.07, 6.45) is 2.01. The first-order chi connectivity index (χ1) is 17.0. The Labute approximate surface area is 208 Å². The Morgan fingerprint density at radius 3 is 2.36 bits per heavy atom. The van der Waals surface area contributed by atoms with E-state index in [1.807, 2.05) is 0 Å². The number of pyridine rings is 1. The molecular weight excluding hydrogens is 476 g/mol. The lowest BCUT2D eigenvalue weighted by Gasteiger charge is -2.38. The number of hydrogen-bond donors (Lipinski definition) is 2. The smallest absolute Gasteiger partial charge is 0.388 e. The normalized spacial score (nSPS) is 17.9. The number of urea groups is 1. The van der Waals surface area contributed by atoms with Gasteiger partial charge in [0.1, 0.15) is 5.69 Å². The lowest BCUT2D eigenvalue weighted by Crippen LogP contribution is -2.46. The third-order valence-corrected chi connectivity index (χ3v) is 6.12. The fourth-order valence-electron chi connectivity index (χ4n) is 4.39. The molecule has 3 rings (SSSR count). The van der Waals surface area contributed by atoms with E-state index in [0.717, 1.165) is 0 Å². The SMILES string of the molecule is COC(=O)C1CCC(N(C(=O)Nc2ccc(OC)nc2OC(F)F)c2ccccc2C(C)(C)O)CC1. The quantitative estimate of drug-likeness (QED) is 0.499. The number of halogens is 2. The van der Waals surface area contributed by atoms with Gasteiger partial charge in [-0.1, -0.05) is 18.2 Å². The number of rotatable bonds is 8. The molecule has 0 unspecified atom stereocenters. The third-order valence-electron chi connectivity index (χ3n) is 6.12. The van der Waals surface area contributed by atoms with E-state index in [2.05, 4.69) is 15.0 Å². The molecule has 1 aliphatic carbocycles. The molecule has 2 amide bonds. The van der Waals surface area contributed by atoms with Gasteiger partial charge in [0.15, 0.2) is 0 Å². The number of nitrogens with one attached hydrogen (secondary N) is 1. The summed E-state index contributed by atoms with van der Waals surface area (Å²) in [7, 11) is 2.67. The minimum absolute atomic E-state index is 0.0361. The molecule has 0 bridgehead atoms. The van der Waals surface area contributed by atoms with Gasteiger partial charge in [0.05, 0.1) is 31.4 Å². The molecular formula is C25H31F2N3O6. The summed E-state index contributed by atoms with van der Waals surface area (Å²) in [6, 6.07) is 8.73. The number of carbonyl (C=O) groups excluding carboxylic acids is 2. The van der Waals surface area contributed by atoms with Gasteiger partial charge in [-0.25, -0.2) is 4.79 Å². The molecule has 0 spiro atoms. The van der Waals surface area contributed by atoms with Crippen molar-refractivity contribution in [2.75, 3.05) is 24.4 Å². The minimum atomic E-state index is -3.17. The highest BCUT2D eigenvalue weighted by Gasteiger charge is 2.36. The van der Waals surface area contributed by atoms with Crippen LogP contribution in [0.1, 0.15) is 45.1 Å². The molecule has 2 aromatic rings. The number of methoxy groups -OCH3 is 2. The topological polar surface area (TPSA) is 110 Å². The van der Waals surface area contributed by atoms with Crippen molar-refractivity contribution in [1.29, 1.82) is 0 Å². The average Bonchev–Trinajstić information content (AvgIpc) is 2.84. The fraction of sp³-hybridized carbons (Fsp3) is 0.480. The van der Waals surface area contributed by atoms with Crippen LogP contribution in [0.4, 0.5) is 25.0 Å². The summed E-state index contributed by atoms with van der Waals surface area (Å²) < 4.78 is 40.4. The monoisotopic (exact) mass is 507 g/mol. The molecule has 1 aromatic carbocycles. The standard InChI is InChI=1S/C25H31F2N3O6/c1-25(2,33)17-7-5-6-8-19(17)30(16-11-9-15(10-12-16)22(31)35-4)24(32)28-18-13-14-20(34-3)29-21(18)36-23(26)27/h5-8,13-16,23,33H,9-12H2,1-4H3,(H,28,32). The van der Waals surface area contributed by atoms with Gasteiger partial charge < -0.3 is 24.6 Å². The number of anilines is 2. The van der Waals surface area contributed by atoms with Gasteiger partial charge in [0.2, 0.25) is 11.8 Å². The molecule has 196 valence electrons. The van der Waals surface area contributed by atoms with Gasteiger partial charge >= 0.3 is 18.6 Å². The molecule has 9 nitrogen and oxygen atoms in total. The van der Waals surface area contributed by atoms with Crippen molar-refractivity contribution in [3.8, 4) is 11.8 Å². The molecule has 36 heavy (non-hydrogen) atoms. The summed E-state index contributed by atoms with van der Waals surface area (Å²) in [5.74, 6) is -1.02. The number of benzene rings is 1. The summed E-state index contributed by atoms with van der Waals surface area (Å²) in [5.41, 5.74) is -0.381. The Balaban J connectivity index is 1.98. The van der Waals surface area contributed by atoms with Crippen LogP contribution in [0.3, 0.4) is 0 Å². The minimum Gasteiger partial charge on any atom is -0.481 e. The lowest BCUT2D eigenvalue weighted by atomic mass is 9.84. The first-order valence-corrected chi connectivity index (χ1v) is 11.5. The Morgan fingerprint density at radius 2 is 1.78 bits per heavy atom. The van der Waals surface area contributed by atoms with Gasteiger partial charge in [0, 0.05) is 17.7 Å². The highest BCUT2D eigenvalue weighted by atomic mass is 19.3. The zero-order chi connectivity index (χ0) is 26.5. The number of para-hydroxylation sites is 1. The van der Waals surface area contributed by atoms with Crippen molar-refractivity contribution in [2.24, 2.45) is 5.92 Å². The summed E-state index contributed by atoms with van der Waals surface area (Å²) >= 11 is 0. The number of hydrogen-bond acceptors (Lipinski definition) is 7. The van der Waals surface area contributed by atoms with Gasteiger partial charge in [-0.15, -0.1) is 0 Å². The largest absolute Gasteiger partial charge is 0.481 e. The third kappa shape index (κ3) is 6.39. The van der Waals surface area contributed by atoms with Gasteiger partial charge in [-0.3, -0.25) is 9.69 Å². The molecule has 11 heteroatoms. The number of alkyl halides is 2. The van der Waals surface area contributed by atoms with Crippen molar-refractivity contribution < 1.29 is 37.7 Å². The van der Waals surface area contributed by atoms with Crippen LogP contribution < -0.4 is 19.7 Å². The number of nitrogens with zero attached hydrogens (tertiary/aromatic N) is 2. The van der Waals surface area contributed by atoms with E-state index < -0.39 is 24.1 Å². The van der Waals surface area contributed by atoms with Crippen molar-refractivity contribution in [2.45, 2.75) is 57.8 Å². The van der Waals surface area contributed by atoms with E-state index in [1.165, 1.54) is 31.3 Å². The van der Waals surface area contributed by atoms with Crippen LogP contribution in [0.5, 0.6) is 11.8 Å². The maximum Gasteiger partial charge on any atom is 0.388 e. The van der Waals surface area contributed by atoms with E-state index in [-0.39, 0.29) is 29.5 Å². The number of ether oxygens (including phenoxy) is 3. The van der Waals surface area contributed by atoms with Crippen molar-refractivity contribution in [1.82, 2.24) is 4.98 Å². The predicted octanol–water partition coefficient (Wildman–Crippen LogP) is 4.69. The van der Waals surface area contributed by atoms with Crippen LogP contribution in [0.15, 0.2) is 36.4 Å². The maximum atomic E-state index is 13.7. The Hall–Kier alpha value is -3.47. The molecule has 0 saturated heterocycles. The second kappa shape index (κ2) is 11.5. The Kier molecular flexibility index (Phi) is 8.67. The van der Waals surface area contributed by atoms with Crippen LogP contribution in [-0.2, 0) is 15.1 Å². The second-order valence-electron chi connectivity index (χ2n) is 8.99. The second-order valence-corrected chi connectivity index (χ2v) is 8.99. The zero-order valence-corrected chi connectivity index (χ0v) is 20.7. The number of amides is 2. The van der Waals surface area contributed by atoms with Gasteiger partial charge in [-0.2, -0.15) is 13.8 Å². The van der Waals surface area contributed by atoms with E-state index in [1.54, 1.807) is 38.1 Å². The molecule has 1 aliphatic rings. The number of aliphatic hydroxyl groups is 1. The molecule has 1 saturated carbocycles. The fourth-order valence-corrected chi connectivity index (χ4v) is 4.39. The van der Waals surface area contributed by atoms with Crippen LogP contribution in [0, 0.1) is 5.92 Å². The van der Waals surface area contributed by atoms with Crippen LogP contribution in [0.2, 0.25) is 0 Å². The summed E-state index contributed by atoms with van der Waals surface area (Å²) in [5, 5.41) is 13.4. The average molecular weight is 508 g/mol. The first-order valence-electron chi connectivity index (χ1n) is 11.5. The molecule has 0 atom stereocenters. The Bertz CT molecular complexity index is 1070. The van der Waals surface area contributed by atoms with Crippen LogP contribution >= 0.6 is 0 Å². The number of aromatic nitrogens is 1. The first kappa shape index (κ1) is 27.1. The molecule has 2 N–H and O–H groups in total. The van der Waals surface area contributed by atoms with E-state index >= 15 is 0 Å². The summed E-state index contributed by atoms with van der Waals surface area (Å²) in [4.78, 5) is 31.1. The van der Waals surface area contributed by atoms with Gasteiger partial charge in [0.25, 0.3) is 0 Å². The molecule has 1 heterocycles. The lowest BCUT2D eigenvalue weighted by molar-refractivity contribution is -0.146. The summed E-state index contributed by atoms with van der Waals surface area (Å²) in [6.45, 7) is 0.0525. The van der Waals surface area contributed by atoms with E-state index in [0.29, 0.717) is 36.9 Å². The highest BCUT2D eigenvalue weighted by molar-refractivity contribution is 6.03. The zero-order valence-electron chi connectivity index (χ0n) is 20.7. The van der Waals surface area contributed by atoms with Crippen molar-refractivity contribution in [3.05, 3.63) is 42.0 Å². The number of carbonyl (C=O) groups is 2. The molecule has 0 aliphatic heterocycles. The van der Waals surface area contributed by atoms with Crippen LogP contribution in [0.25, 0.3) is 0 Å². The highest BCUT2D eigenvalue weighted by Crippen LogP contribution is 2.37. The maximum absolute atomic E-state index is 13.7. The van der Waals surface area contributed by atoms with Gasteiger partial charge in [-0.05, 0) is 51.7 Å². The Morgan fingerprint density at radius 1 is 1.11 bits per heavy atom. The molecule has 0 radical (unpaired) electrons. The molecule has 1 fully saturated rings. The molecule has 1 aromatic heterocycles. The van der Waals surface area contributed by atoms with E-state index in [4.69, 9.17) is 9.47 Å². The van der Waals surface area contributed by atoms with Crippen molar-refractivity contribution >= 4 is 23.4 Å². The van der Waals surface area contributed by atoms with Crippen LogP contribution in [-0.4, -0.2) is 49.0 Å². The number of esters is 1. The predicted molar refractivity (Wildman–Crippen MR) is 128 cm³/mol. The van der Waals surface area contributed by atoms with Crippen molar-refractivity contribution in [3.63, 3.8) is 0 Å². The van der Waals surface area contributed by atoms with E-state index in [9.17, 15) is 23.5 Å².